The van der Waals surface area contributed by atoms with Crippen molar-refractivity contribution in [1.82, 2.24) is 29.9 Å². The Hall–Kier alpha value is -18.4. The van der Waals surface area contributed by atoms with Crippen molar-refractivity contribution >= 4 is 0 Å². The summed E-state index contributed by atoms with van der Waals surface area (Å²) in [6, 6.07) is 159. The van der Waals surface area contributed by atoms with Crippen LogP contribution in [0.1, 0.15) is 66.8 Å². The van der Waals surface area contributed by atoms with Crippen LogP contribution in [-0.4, -0.2) is 29.9 Å². The van der Waals surface area contributed by atoms with Gasteiger partial charge in [-0.1, -0.05) is 408 Å². The number of pyridine rings is 4. The van der Waals surface area contributed by atoms with E-state index in [4.69, 9.17) is 29.9 Å². The van der Waals surface area contributed by atoms with Gasteiger partial charge in [-0.3, -0.25) is 19.9 Å². The second-order valence-electron chi connectivity index (χ2n) is 40.7. The van der Waals surface area contributed by atoms with E-state index in [0.717, 1.165) is 223 Å². The van der Waals surface area contributed by atoms with E-state index in [1.54, 1.807) is 6.33 Å². The van der Waals surface area contributed by atoms with Gasteiger partial charge in [-0.05, 0) is 328 Å². The van der Waals surface area contributed by atoms with Crippen molar-refractivity contribution in [2.45, 2.75) is 83.1 Å². The summed E-state index contributed by atoms with van der Waals surface area (Å²) < 4.78 is 0. The molecule has 0 radical (unpaired) electrons. The van der Waals surface area contributed by atoms with E-state index in [1.165, 1.54) is 89.0 Å². The Bertz CT molecular complexity index is 8120. The molecule has 0 fully saturated rings. The van der Waals surface area contributed by atoms with Gasteiger partial charge in [-0.25, -0.2) is 9.97 Å². The van der Waals surface area contributed by atoms with Gasteiger partial charge in [-0.15, -0.1) is 0 Å². The van der Waals surface area contributed by atoms with Crippen LogP contribution in [0.4, 0.5) is 0 Å². The van der Waals surface area contributed by atoms with E-state index < -0.39 is 0 Å². The third kappa shape index (κ3) is 19.7. The van der Waals surface area contributed by atoms with Crippen LogP contribution in [-0.2, 0) is 0 Å². The lowest BCUT2D eigenvalue weighted by Gasteiger charge is -2.18. The maximum atomic E-state index is 5.07. The third-order valence-electron chi connectivity index (χ3n) is 29.5. The molecule has 23 aromatic rings. The van der Waals surface area contributed by atoms with Gasteiger partial charge in [0.25, 0.3) is 0 Å². The molecule has 5 heterocycles. The fraction of sp³-hybridized carbons (Fsp3) is 0.0833. The number of aromatic nitrogens is 6. The van der Waals surface area contributed by atoms with E-state index in [-0.39, 0.29) is 0 Å². The number of aryl methyl sites for hydroxylation is 12. The molecule has 6 nitrogen and oxygen atoms in total. The first kappa shape index (κ1) is 95.2. The lowest BCUT2D eigenvalue weighted by Crippen LogP contribution is -1.93. The summed E-state index contributed by atoms with van der Waals surface area (Å²) in [6.45, 7) is 26.0. The predicted molar refractivity (Wildman–Crippen MR) is 630 cm³/mol. The van der Waals surface area contributed by atoms with Gasteiger partial charge in [0, 0.05) is 80.4 Å². The molecule has 0 aliphatic rings. The van der Waals surface area contributed by atoms with Crippen molar-refractivity contribution in [2.75, 3.05) is 0 Å². The molecule has 23 rings (SSSR count). The highest BCUT2D eigenvalue weighted by Crippen LogP contribution is 2.49. The molecule has 0 aliphatic carbocycles. The third-order valence-corrected chi connectivity index (χ3v) is 29.5. The molecule has 0 bridgehead atoms. The zero-order chi connectivity index (χ0) is 102. The Morgan fingerprint density at radius 1 is 0.107 bits per heavy atom. The average Bonchev–Trinajstić information content (AvgIpc) is 0.762. The molecule has 0 amide bonds. The van der Waals surface area contributed by atoms with E-state index >= 15 is 0 Å². The van der Waals surface area contributed by atoms with Gasteiger partial charge in [0.1, 0.15) is 6.33 Å². The molecule has 18 aromatic carbocycles. The Morgan fingerprint density at radius 3 is 0.393 bits per heavy atom. The second kappa shape index (κ2) is 40.9. The highest BCUT2D eigenvalue weighted by Gasteiger charge is 2.24. The molecule has 0 saturated heterocycles. The van der Waals surface area contributed by atoms with Crippen LogP contribution in [0.3, 0.4) is 0 Å². The van der Waals surface area contributed by atoms with Crippen LogP contribution in [0.15, 0.2) is 462 Å². The van der Waals surface area contributed by atoms with Gasteiger partial charge in [0.05, 0.1) is 34.2 Å². The average molecular weight is 1930 g/mol. The smallest absolute Gasteiger partial charge is 0.116 e. The lowest BCUT2D eigenvalue weighted by atomic mass is 9.86. The molecular formula is C144H112N6. The highest BCUT2D eigenvalue weighted by atomic mass is 14.8. The Labute approximate surface area is 880 Å². The number of rotatable bonds is 22. The maximum Gasteiger partial charge on any atom is 0.116 e. The summed E-state index contributed by atoms with van der Waals surface area (Å²) in [4.78, 5) is 30.2. The summed E-state index contributed by atoms with van der Waals surface area (Å²) >= 11 is 0. The van der Waals surface area contributed by atoms with Gasteiger partial charge in [-0.2, -0.15) is 0 Å². The molecule has 0 spiro atoms. The van der Waals surface area contributed by atoms with Crippen molar-refractivity contribution in [3.05, 3.63) is 529 Å². The SMILES string of the molecule is Cc1cc(C)cc(-c2cnc(-c3ccc(-c4ccccc4-c4cc(-c5ccccc5-c5ccc(-c6cc(-c7ccc(-c8ccccc8-c8cc(-c9ccccc9-c9ccc(-c%10cc(C)c(-c%11cc(C)cc(C)c%11)cn%10)cc9)cc(-c9ccccc9-c9ccc(-c%10cc(C)c(-c%11cc(C)cc(C)c%11)cn%10)cc9)c8)cc7)ncn6)cc5)cc(-c5ccccc5-c5ccc(-c6cc(C)c(-c7cc(C)cc(C)c7)cn6)cc5)c4)cc3)cc2C)c1. The van der Waals surface area contributed by atoms with E-state index in [1.807, 2.05) is 24.8 Å². The van der Waals surface area contributed by atoms with E-state index in [9.17, 15) is 0 Å². The quantitative estimate of drug-likeness (QED) is 0.0673. The first-order chi connectivity index (χ1) is 73.2. The van der Waals surface area contributed by atoms with Crippen LogP contribution in [0.25, 0.3) is 246 Å². The molecule has 6 heteroatoms. The van der Waals surface area contributed by atoms with Crippen LogP contribution in [0.2, 0.25) is 0 Å². The molecule has 0 aliphatic heterocycles. The van der Waals surface area contributed by atoms with Gasteiger partial charge in [0.15, 0.2) is 0 Å². The Morgan fingerprint density at radius 2 is 0.240 bits per heavy atom. The van der Waals surface area contributed by atoms with Crippen molar-refractivity contribution in [3.63, 3.8) is 0 Å². The number of benzene rings is 18. The van der Waals surface area contributed by atoms with Crippen LogP contribution >= 0.6 is 0 Å². The number of nitrogens with zero attached hydrogens (tertiary/aromatic N) is 6. The van der Waals surface area contributed by atoms with Crippen molar-refractivity contribution in [3.8, 4) is 246 Å². The van der Waals surface area contributed by atoms with Gasteiger partial charge < -0.3 is 0 Å². The standard InChI is InChI=1S/C144H112N6/c1-89-61-90(2)66-113(65-89)135-84-145-139(73-97(135)9)107-49-37-101(38-50-107)123-25-13-19-31-129(123)117-77-118(130-32-20-14-26-124(130)102-39-51-108(52-40-102)140-74-98(10)136(85-146-140)114-67-91(3)62-92(4)68-114)80-121(79-117)133-35-23-17-29-127(133)105-45-57-111(58-46-105)143-83-144(150-88-149-143)112-59-47-106(48-60-112)128-30-18-24-36-134(128)122-81-119(131-33-21-15-27-125(131)103-41-53-109(54-42-103)141-75-99(11)137(86-147-141)115-69-93(5)63-94(6)70-115)78-120(82-122)132-34-22-16-28-126(132)104-43-55-110(56-44-104)142-76-100(12)138(87-148-142)116-71-95(7)64-96(8)72-116/h13-88H,1-12H3. The fourth-order valence-corrected chi connectivity index (χ4v) is 22.3. The first-order valence-electron chi connectivity index (χ1n) is 51.7. The number of hydrogen-bond acceptors (Lipinski definition) is 6. The van der Waals surface area contributed by atoms with Gasteiger partial charge in [0.2, 0.25) is 0 Å². The lowest BCUT2D eigenvalue weighted by molar-refractivity contribution is 1.18. The maximum absolute atomic E-state index is 5.07. The van der Waals surface area contributed by atoms with E-state index in [0.29, 0.717) is 0 Å². The van der Waals surface area contributed by atoms with Crippen molar-refractivity contribution in [2.24, 2.45) is 0 Å². The van der Waals surface area contributed by atoms with Crippen molar-refractivity contribution in [1.29, 1.82) is 0 Å². The van der Waals surface area contributed by atoms with Crippen LogP contribution in [0.5, 0.6) is 0 Å². The topological polar surface area (TPSA) is 77.3 Å². The summed E-state index contributed by atoms with van der Waals surface area (Å²) in [7, 11) is 0. The molecule has 150 heavy (non-hydrogen) atoms. The number of hydrogen-bond donors (Lipinski definition) is 0. The van der Waals surface area contributed by atoms with Crippen LogP contribution in [0, 0.1) is 83.1 Å². The molecule has 718 valence electrons. The molecule has 5 aromatic heterocycles. The highest BCUT2D eigenvalue weighted by molar-refractivity contribution is 5.99. The van der Waals surface area contributed by atoms with Crippen molar-refractivity contribution < 1.29 is 0 Å². The fourth-order valence-electron chi connectivity index (χ4n) is 22.3. The molecule has 0 atom stereocenters. The zero-order valence-electron chi connectivity index (χ0n) is 86.6. The first-order valence-corrected chi connectivity index (χ1v) is 51.7. The Balaban J connectivity index is 0.559. The van der Waals surface area contributed by atoms with Gasteiger partial charge >= 0.3 is 0 Å². The summed E-state index contributed by atoms with van der Waals surface area (Å²) in [6.07, 6.45) is 9.83. The minimum atomic E-state index is 0.828. The molecule has 0 N–H and O–H groups in total. The second-order valence-corrected chi connectivity index (χ2v) is 40.7. The Kier molecular flexibility index (Phi) is 26.0. The molecular weight excluding hydrogens is 1810 g/mol. The largest absolute Gasteiger partial charge is 0.256 e. The molecule has 0 saturated carbocycles. The van der Waals surface area contributed by atoms with Crippen LogP contribution < -0.4 is 0 Å². The minimum absolute atomic E-state index is 0.828. The summed E-state index contributed by atoms with van der Waals surface area (Å²) in [5, 5.41) is 0. The normalized spacial score (nSPS) is 11.3. The summed E-state index contributed by atoms with van der Waals surface area (Å²) in [5.74, 6) is 0. The minimum Gasteiger partial charge on any atom is -0.256 e. The van der Waals surface area contributed by atoms with E-state index in [2.05, 4.69) is 514 Å². The summed E-state index contributed by atoms with van der Waals surface area (Å²) in [5.41, 5.74) is 62.5. The predicted octanol–water partition coefficient (Wildman–Crippen LogP) is 38.4. The monoisotopic (exact) mass is 1920 g/mol. The molecule has 0 unspecified atom stereocenters. The zero-order valence-corrected chi connectivity index (χ0v) is 86.6.